The predicted octanol–water partition coefficient (Wildman–Crippen LogP) is 5.29. The van der Waals surface area contributed by atoms with Crippen molar-refractivity contribution in [1.82, 2.24) is 0 Å². The molecule has 0 aromatic heterocycles. The highest BCUT2D eigenvalue weighted by Crippen LogP contribution is 2.30. The molecule has 0 amide bonds. The van der Waals surface area contributed by atoms with Gasteiger partial charge in [-0.1, -0.05) is 55.4 Å². The van der Waals surface area contributed by atoms with E-state index in [9.17, 15) is 9.59 Å². The van der Waals surface area contributed by atoms with E-state index in [1.807, 2.05) is 36.4 Å². The van der Waals surface area contributed by atoms with Gasteiger partial charge in [0.25, 0.3) is 0 Å². The molecule has 118 valence electrons. The van der Waals surface area contributed by atoms with Gasteiger partial charge in [-0.15, -0.1) is 0 Å². The number of rotatable bonds is 5. The van der Waals surface area contributed by atoms with Crippen molar-refractivity contribution >= 4 is 22.7 Å². The molecule has 3 heteroatoms. The Kier molecular flexibility index (Phi) is 4.97. The van der Waals surface area contributed by atoms with Crippen molar-refractivity contribution in [3.05, 3.63) is 53.6 Å². The van der Waals surface area contributed by atoms with Crippen LogP contribution in [0.25, 0.3) is 11.1 Å². The van der Waals surface area contributed by atoms with Crippen LogP contribution in [0.4, 0.5) is 0 Å². The maximum absolute atomic E-state index is 11.8. The topological polar surface area (TPSA) is 34.1 Å². The first kappa shape index (κ1) is 16.0. The molecule has 2 nitrogen and oxygen atoms in total. The van der Waals surface area contributed by atoms with Gasteiger partial charge >= 0.3 is 0 Å². The van der Waals surface area contributed by atoms with Crippen LogP contribution in [0.3, 0.4) is 0 Å². The lowest BCUT2D eigenvalue weighted by Crippen LogP contribution is -1.91. The summed E-state index contributed by atoms with van der Waals surface area (Å²) in [5.74, 6) is 0.254. The first-order valence-electron chi connectivity index (χ1n) is 8.14. The van der Waals surface area contributed by atoms with E-state index in [2.05, 4.69) is 13.0 Å². The van der Waals surface area contributed by atoms with Gasteiger partial charge in [-0.05, 0) is 41.7 Å². The minimum Gasteiger partial charge on any atom is -0.294 e. The molecule has 0 atom stereocenters. The smallest absolute Gasteiger partial charge is 0.193 e. The molecule has 23 heavy (non-hydrogen) atoms. The lowest BCUT2D eigenvalue weighted by Gasteiger charge is -2.06. The van der Waals surface area contributed by atoms with Gasteiger partial charge in [0.05, 0.1) is 0 Å². The second-order valence-electron chi connectivity index (χ2n) is 5.90. The van der Waals surface area contributed by atoms with Crippen molar-refractivity contribution < 1.29 is 9.59 Å². The molecule has 0 spiro atoms. The van der Waals surface area contributed by atoms with Crippen molar-refractivity contribution in [3.63, 3.8) is 0 Å². The average molecular weight is 324 g/mol. The Morgan fingerprint density at radius 3 is 2.52 bits per heavy atom. The average Bonchev–Trinajstić information content (AvgIpc) is 2.94. The lowest BCUT2D eigenvalue weighted by molar-refractivity contribution is -0.111. The maximum atomic E-state index is 11.8. The second-order valence-corrected chi connectivity index (χ2v) is 7.03. The van der Waals surface area contributed by atoms with Crippen LogP contribution < -0.4 is 0 Å². The highest BCUT2D eigenvalue weighted by Gasteiger charge is 2.19. The molecule has 0 fully saturated rings. The van der Waals surface area contributed by atoms with Crippen molar-refractivity contribution in [3.8, 4) is 11.1 Å². The first-order chi connectivity index (χ1) is 11.2. The summed E-state index contributed by atoms with van der Waals surface area (Å²) in [6.07, 6.45) is 4.13. The Balaban J connectivity index is 1.72. The number of aryl methyl sites for hydroxylation is 1. The van der Waals surface area contributed by atoms with Crippen LogP contribution >= 0.6 is 11.8 Å². The zero-order chi connectivity index (χ0) is 16.2. The normalized spacial score (nSPS) is 13.2. The molecule has 0 unspecified atom stereocenters. The quantitative estimate of drug-likeness (QED) is 0.701. The second kappa shape index (κ2) is 7.14. The molecule has 3 rings (SSSR count). The van der Waals surface area contributed by atoms with E-state index in [0.29, 0.717) is 12.8 Å². The van der Waals surface area contributed by atoms with Crippen LogP contribution in [0, 0.1) is 0 Å². The summed E-state index contributed by atoms with van der Waals surface area (Å²) in [7, 11) is 0. The SMILES string of the molecule is CCCCC(=O)Sc1ccc(-c2ccc3c(c2)CCC3=O)cc1. The number of fused-ring (bicyclic) bond motifs is 1. The maximum Gasteiger partial charge on any atom is 0.193 e. The number of hydrogen-bond donors (Lipinski definition) is 0. The summed E-state index contributed by atoms with van der Waals surface area (Å²) in [6, 6.07) is 14.2. The molecule has 1 aliphatic rings. The van der Waals surface area contributed by atoms with E-state index in [-0.39, 0.29) is 10.9 Å². The van der Waals surface area contributed by atoms with Crippen LogP contribution in [0.2, 0.25) is 0 Å². The van der Waals surface area contributed by atoms with E-state index < -0.39 is 0 Å². The molecule has 1 aliphatic carbocycles. The molecule has 0 saturated heterocycles. The van der Waals surface area contributed by atoms with Gasteiger partial charge in [0.15, 0.2) is 10.9 Å². The highest BCUT2D eigenvalue weighted by atomic mass is 32.2. The molecular weight excluding hydrogens is 304 g/mol. The third kappa shape index (κ3) is 3.73. The summed E-state index contributed by atoms with van der Waals surface area (Å²) >= 11 is 1.32. The van der Waals surface area contributed by atoms with Gasteiger partial charge in [0.1, 0.15) is 0 Å². The number of Topliss-reactive ketones (excluding diaryl/α,β-unsaturated/α-hetero) is 1. The fourth-order valence-corrected chi connectivity index (χ4v) is 3.64. The van der Waals surface area contributed by atoms with Crippen LogP contribution in [0.5, 0.6) is 0 Å². The van der Waals surface area contributed by atoms with Crippen molar-refractivity contribution in [1.29, 1.82) is 0 Å². The fraction of sp³-hybridized carbons (Fsp3) is 0.300. The molecule has 0 aliphatic heterocycles. The third-order valence-electron chi connectivity index (χ3n) is 4.18. The molecule has 0 bridgehead atoms. The molecule has 2 aromatic rings. The molecule has 0 heterocycles. The largest absolute Gasteiger partial charge is 0.294 e. The monoisotopic (exact) mass is 324 g/mol. The van der Waals surface area contributed by atoms with E-state index in [1.165, 1.54) is 11.8 Å². The van der Waals surface area contributed by atoms with Gasteiger partial charge in [-0.2, -0.15) is 0 Å². The standard InChI is InChI=1S/C20H20O2S/c1-2-3-4-20(22)23-17-9-5-14(6-10-17)15-7-11-18-16(13-15)8-12-19(18)21/h5-7,9-11,13H,2-4,8,12H2,1H3. The number of thioether (sulfide) groups is 1. The molecule has 2 aromatic carbocycles. The van der Waals surface area contributed by atoms with Crippen molar-refractivity contribution in [2.75, 3.05) is 0 Å². The van der Waals surface area contributed by atoms with Crippen LogP contribution in [-0.4, -0.2) is 10.9 Å². The van der Waals surface area contributed by atoms with Gasteiger partial charge in [-0.3, -0.25) is 9.59 Å². The predicted molar refractivity (Wildman–Crippen MR) is 94.9 cm³/mol. The Bertz CT molecular complexity index is 732. The number of ketones is 1. The molecular formula is C20H20O2S. The molecule has 0 saturated carbocycles. The summed E-state index contributed by atoms with van der Waals surface area (Å²) < 4.78 is 0. The van der Waals surface area contributed by atoms with Gasteiger partial charge in [0.2, 0.25) is 0 Å². The minimum absolute atomic E-state index is 0.232. The number of unbranched alkanes of at least 4 members (excludes halogenated alkanes) is 1. The number of carbonyl (C=O) groups excluding carboxylic acids is 2. The first-order valence-corrected chi connectivity index (χ1v) is 8.96. The molecule has 0 radical (unpaired) electrons. The van der Waals surface area contributed by atoms with Gasteiger partial charge in [-0.25, -0.2) is 0 Å². The number of benzene rings is 2. The summed E-state index contributed by atoms with van der Waals surface area (Å²) in [5.41, 5.74) is 4.29. The van der Waals surface area contributed by atoms with Crippen LogP contribution in [-0.2, 0) is 11.2 Å². The number of carbonyl (C=O) groups is 2. The summed E-state index contributed by atoms with van der Waals surface area (Å²) in [5, 5.41) is 0.232. The fourth-order valence-electron chi connectivity index (χ4n) is 2.85. The van der Waals surface area contributed by atoms with E-state index in [1.54, 1.807) is 0 Å². The Morgan fingerprint density at radius 1 is 1.04 bits per heavy atom. The van der Waals surface area contributed by atoms with Gasteiger partial charge < -0.3 is 0 Å². The zero-order valence-electron chi connectivity index (χ0n) is 13.3. The Labute approximate surface area is 141 Å². The Morgan fingerprint density at radius 2 is 1.78 bits per heavy atom. The van der Waals surface area contributed by atoms with Crippen molar-refractivity contribution in [2.24, 2.45) is 0 Å². The Hall–Kier alpha value is -1.87. The third-order valence-corrected chi connectivity index (χ3v) is 5.12. The van der Waals surface area contributed by atoms with E-state index in [4.69, 9.17) is 0 Å². The summed E-state index contributed by atoms with van der Waals surface area (Å²) in [4.78, 5) is 24.5. The van der Waals surface area contributed by atoms with E-state index in [0.717, 1.165) is 46.4 Å². The molecule has 0 N–H and O–H groups in total. The highest BCUT2D eigenvalue weighted by molar-refractivity contribution is 8.13. The minimum atomic E-state index is 0.232. The van der Waals surface area contributed by atoms with Crippen LogP contribution in [0.15, 0.2) is 47.4 Å². The zero-order valence-corrected chi connectivity index (χ0v) is 14.1. The van der Waals surface area contributed by atoms with Crippen LogP contribution in [0.1, 0.15) is 48.5 Å². The lowest BCUT2D eigenvalue weighted by atomic mass is 10.0. The van der Waals surface area contributed by atoms with E-state index >= 15 is 0 Å². The number of hydrogen-bond acceptors (Lipinski definition) is 3. The van der Waals surface area contributed by atoms with Gasteiger partial charge in [0, 0.05) is 23.3 Å². The summed E-state index contributed by atoms with van der Waals surface area (Å²) in [6.45, 7) is 2.09. The van der Waals surface area contributed by atoms with Crippen molar-refractivity contribution in [2.45, 2.75) is 43.9 Å².